The smallest absolute Gasteiger partial charge is 0.312 e. The van der Waals surface area contributed by atoms with Gasteiger partial charge >= 0.3 is 12.2 Å². The van der Waals surface area contributed by atoms with E-state index in [1.165, 1.54) is 0 Å². The van der Waals surface area contributed by atoms with Gasteiger partial charge in [-0.05, 0) is 0 Å². The molecule has 1 aliphatic heterocycles. The fourth-order valence-corrected chi connectivity index (χ4v) is 2.06. The number of fused-ring (bicyclic) bond motifs is 1. The number of aromatic nitrogens is 4. The average molecular weight is 303 g/mol. The van der Waals surface area contributed by atoms with Crippen molar-refractivity contribution < 1.29 is 28.1 Å². The molecule has 0 aromatic carbocycles. The second-order valence-corrected chi connectivity index (χ2v) is 4.27. The number of nitrogens with zero attached hydrogens (tertiary/aromatic N) is 4. The lowest BCUT2D eigenvalue weighted by molar-refractivity contribution is -0.0124. The van der Waals surface area contributed by atoms with Crippen LogP contribution in [-0.2, 0) is 4.74 Å². The minimum atomic E-state index is -2.27. The summed E-state index contributed by atoms with van der Waals surface area (Å²) in [5.41, 5.74) is 5.32. The largest absolute Gasteiger partial charge is 0.463 e. The molecule has 21 heavy (non-hydrogen) atoms. The molecule has 1 fully saturated rings. The fraction of sp³-hybridized carbons (Fsp3) is 0.300. The number of hydrogen-bond acceptors (Lipinski definition) is 7. The Labute approximate surface area is 114 Å². The van der Waals surface area contributed by atoms with Gasteiger partial charge in [0.15, 0.2) is 22.7 Å². The van der Waals surface area contributed by atoms with Crippen LogP contribution in [0, 0.1) is 6.08 Å². The van der Waals surface area contributed by atoms with Crippen molar-refractivity contribution in [3.05, 3.63) is 24.2 Å². The summed E-state index contributed by atoms with van der Waals surface area (Å²) in [6, 6.07) is 0. The first-order valence-corrected chi connectivity index (χ1v) is 5.63. The van der Waals surface area contributed by atoms with Gasteiger partial charge in [0.2, 0.25) is 6.23 Å². The fourth-order valence-electron chi connectivity index (χ4n) is 2.06. The number of hydrogen-bond donors (Lipinski definition) is 3. The van der Waals surface area contributed by atoms with E-state index in [-0.39, 0.29) is 17.0 Å². The van der Waals surface area contributed by atoms with Gasteiger partial charge in [-0.15, -0.1) is 0 Å². The Kier molecular flexibility index (Phi) is 2.95. The van der Waals surface area contributed by atoms with E-state index in [9.17, 15) is 23.4 Å². The molecule has 0 bridgehead atoms. The molecule has 0 spiro atoms. The molecule has 3 rings (SSSR count). The van der Waals surface area contributed by atoms with Crippen LogP contribution in [-0.4, -0.2) is 41.9 Å². The number of aliphatic hydroxyl groups excluding tert-OH is 2. The van der Waals surface area contributed by atoms with Crippen LogP contribution in [0.5, 0.6) is 0 Å². The standard InChI is InChI=1S/C10H8F3N5O3/c11-6(12)5-3(19)4(20)9(21-5)18-1-15-2-7(14)16-10(13)17-8(2)18/h1,3-4,9,19-20H,(H2,14,16,17)/t3-,4+,9+/m0/s1. The lowest BCUT2D eigenvalue weighted by Crippen LogP contribution is -2.27. The van der Waals surface area contributed by atoms with Crippen LogP contribution in [0.2, 0.25) is 0 Å². The lowest BCUT2D eigenvalue weighted by Gasteiger charge is -2.15. The first-order valence-electron chi connectivity index (χ1n) is 5.63. The number of anilines is 1. The molecule has 4 N–H and O–H groups in total. The molecule has 0 unspecified atom stereocenters. The summed E-state index contributed by atoms with van der Waals surface area (Å²) in [6.07, 6.45) is -7.43. The van der Waals surface area contributed by atoms with Crippen LogP contribution >= 0.6 is 0 Å². The van der Waals surface area contributed by atoms with Crippen molar-refractivity contribution in [2.24, 2.45) is 0 Å². The van der Waals surface area contributed by atoms with Gasteiger partial charge in [0.1, 0.15) is 18.5 Å². The maximum Gasteiger partial charge on any atom is 0.312 e. The minimum absolute atomic E-state index is 0.0137. The Hall–Kier alpha value is -2.40. The summed E-state index contributed by atoms with van der Waals surface area (Å²) in [7, 11) is 0. The molecule has 1 aliphatic rings. The van der Waals surface area contributed by atoms with Gasteiger partial charge in [-0.3, -0.25) is 4.57 Å². The van der Waals surface area contributed by atoms with Gasteiger partial charge in [-0.2, -0.15) is 23.1 Å². The predicted molar refractivity (Wildman–Crippen MR) is 61.1 cm³/mol. The van der Waals surface area contributed by atoms with Gasteiger partial charge in [0.25, 0.3) is 0 Å². The number of ether oxygens (including phenoxy) is 1. The van der Waals surface area contributed by atoms with E-state index < -0.39 is 36.4 Å². The zero-order chi connectivity index (χ0) is 15.3. The molecule has 11 heteroatoms. The van der Waals surface area contributed by atoms with Gasteiger partial charge in [0, 0.05) is 0 Å². The molecular weight excluding hydrogens is 295 g/mol. The monoisotopic (exact) mass is 303 g/mol. The Morgan fingerprint density at radius 3 is 2.67 bits per heavy atom. The normalized spacial score (nSPS) is 25.4. The molecule has 0 radical (unpaired) electrons. The number of nitrogen functional groups attached to an aromatic ring is 1. The van der Waals surface area contributed by atoms with E-state index in [4.69, 9.17) is 10.5 Å². The third-order valence-corrected chi connectivity index (χ3v) is 3.01. The van der Waals surface area contributed by atoms with Crippen molar-refractivity contribution in [2.75, 3.05) is 5.73 Å². The highest BCUT2D eigenvalue weighted by Gasteiger charge is 2.44. The number of nitrogens with two attached hydrogens (primary N) is 1. The highest BCUT2D eigenvalue weighted by atomic mass is 19.3. The average Bonchev–Trinajstić information content (AvgIpc) is 2.93. The van der Waals surface area contributed by atoms with Crippen LogP contribution in [0.4, 0.5) is 19.0 Å². The number of rotatable bonds is 1. The van der Waals surface area contributed by atoms with Gasteiger partial charge in [-0.25, -0.2) is 4.98 Å². The van der Waals surface area contributed by atoms with Crippen molar-refractivity contribution in [1.82, 2.24) is 19.5 Å². The molecule has 2 aromatic rings. The topological polar surface area (TPSA) is 119 Å². The van der Waals surface area contributed by atoms with Gasteiger partial charge in [0.05, 0.1) is 0 Å². The zero-order valence-electron chi connectivity index (χ0n) is 10.1. The Morgan fingerprint density at radius 2 is 2.05 bits per heavy atom. The highest BCUT2D eigenvalue weighted by Crippen LogP contribution is 2.36. The molecule has 2 aromatic heterocycles. The van der Waals surface area contributed by atoms with E-state index in [1.54, 1.807) is 0 Å². The van der Waals surface area contributed by atoms with Crippen molar-refractivity contribution in [3.8, 4) is 0 Å². The summed E-state index contributed by atoms with van der Waals surface area (Å²) in [6.45, 7) is 0. The second-order valence-electron chi connectivity index (χ2n) is 4.27. The SMILES string of the molecule is Nc1nc(F)nc2c1ncn2[C@@H]1OC(=C(F)F)[C@@H](O)[C@H]1O. The van der Waals surface area contributed by atoms with Crippen LogP contribution < -0.4 is 5.73 Å². The van der Waals surface area contributed by atoms with E-state index in [2.05, 4.69) is 15.0 Å². The van der Waals surface area contributed by atoms with Crippen molar-refractivity contribution in [1.29, 1.82) is 0 Å². The van der Waals surface area contributed by atoms with E-state index in [0.717, 1.165) is 10.9 Å². The molecule has 112 valence electrons. The molecule has 8 nitrogen and oxygen atoms in total. The lowest BCUT2D eigenvalue weighted by atomic mass is 10.2. The predicted octanol–water partition coefficient (Wildman–Crippen LogP) is -0.0937. The van der Waals surface area contributed by atoms with Crippen molar-refractivity contribution >= 4 is 17.0 Å². The number of imidazole rings is 1. The van der Waals surface area contributed by atoms with E-state index in [0.29, 0.717) is 0 Å². The Bertz CT molecular complexity index is 745. The number of halogens is 3. The van der Waals surface area contributed by atoms with E-state index in [1.807, 2.05) is 0 Å². The summed E-state index contributed by atoms with van der Waals surface area (Å²) in [4.78, 5) is 10.5. The quantitative estimate of drug-likeness (QED) is 0.630. The van der Waals surface area contributed by atoms with Gasteiger partial charge < -0.3 is 20.7 Å². The van der Waals surface area contributed by atoms with Crippen LogP contribution in [0.1, 0.15) is 6.23 Å². The summed E-state index contributed by atoms with van der Waals surface area (Å²) >= 11 is 0. The molecular formula is C10H8F3N5O3. The molecule has 0 aliphatic carbocycles. The van der Waals surface area contributed by atoms with Crippen molar-refractivity contribution in [3.63, 3.8) is 0 Å². The Balaban J connectivity index is 2.12. The third kappa shape index (κ3) is 1.97. The molecule has 0 saturated carbocycles. The number of aliphatic hydroxyl groups is 2. The first-order chi connectivity index (χ1) is 9.90. The third-order valence-electron chi connectivity index (χ3n) is 3.01. The molecule has 3 heterocycles. The second kappa shape index (κ2) is 4.56. The highest BCUT2D eigenvalue weighted by molar-refractivity contribution is 5.81. The maximum atomic E-state index is 13.2. The summed E-state index contributed by atoms with van der Waals surface area (Å²) in [5, 5.41) is 19.3. The van der Waals surface area contributed by atoms with Crippen molar-refractivity contribution in [2.45, 2.75) is 18.4 Å². The van der Waals surface area contributed by atoms with Crippen LogP contribution in [0.3, 0.4) is 0 Å². The van der Waals surface area contributed by atoms with Gasteiger partial charge in [-0.1, -0.05) is 0 Å². The first kappa shape index (κ1) is 13.6. The zero-order valence-corrected chi connectivity index (χ0v) is 10.1. The minimum Gasteiger partial charge on any atom is -0.463 e. The maximum absolute atomic E-state index is 13.2. The summed E-state index contributed by atoms with van der Waals surface area (Å²) < 4.78 is 44.1. The van der Waals surface area contributed by atoms with E-state index >= 15 is 0 Å². The molecule has 0 amide bonds. The molecule has 3 atom stereocenters. The Morgan fingerprint density at radius 1 is 1.33 bits per heavy atom. The molecule has 1 saturated heterocycles. The van der Waals surface area contributed by atoms with Crippen LogP contribution in [0.25, 0.3) is 11.2 Å². The summed E-state index contributed by atoms with van der Waals surface area (Å²) in [5.74, 6) is -1.31. The van der Waals surface area contributed by atoms with Crippen LogP contribution in [0.15, 0.2) is 18.2 Å².